The molecule has 0 aliphatic heterocycles. The molecule has 3 heteroatoms. The smallest absolute Gasteiger partial charge is 0.160 e. The summed E-state index contributed by atoms with van der Waals surface area (Å²) in [4.78, 5) is 10.5. The maximum Gasteiger partial charge on any atom is 0.160 e. The molecule has 12 aromatic rings. The molecule has 0 saturated carbocycles. The zero-order valence-corrected chi connectivity index (χ0v) is 33.2. The first-order valence-corrected chi connectivity index (χ1v) is 20.8. The van der Waals surface area contributed by atoms with Gasteiger partial charge in [-0.2, -0.15) is 0 Å². The molecule has 12 rings (SSSR count). The maximum atomic E-state index is 5.26. The van der Waals surface area contributed by atoms with Crippen LogP contribution in [0.5, 0.6) is 0 Å². The fourth-order valence-corrected chi connectivity index (χ4v) is 9.29. The second-order valence-corrected chi connectivity index (χ2v) is 15.8. The Bertz CT molecular complexity index is 3640. The zero-order valence-electron chi connectivity index (χ0n) is 33.2. The molecule has 0 unspecified atom stereocenters. The number of rotatable bonds is 6. The van der Waals surface area contributed by atoms with E-state index >= 15 is 0 Å². The van der Waals surface area contributed by atoms with Crippen molar-refractivity contribution in [2.24, 2.45) is 0 Å². The van der Waals surface area contributed by atoms with E-state index in [1.54, 1.807) is 0 Å². The fraction of sp³-hybridized carbons (Fsp3) is 0. The highest BCUT2D eigenvalue weighted by atomic mass is 15.0. The van der Waals surface area contributed by atoms with Crippen molar-refractivity contribution in [2.75, 3.05) is 0 Å². The average Bonchev–Trinajstić information content (AvgIpc) is 3.67. The highest BCUT2D eigenvalue weighted by Gasteiger charge is 2.17. The lowest BCUT2D eigenvalue weighted by Crippen LogP contribution is -1.96. The third-order valence-electron chi connectivity index (χ3n) is 12.2. The van der Waals surface area contributed by atoms with Gasteiger partial charge in [-0.15, -0.1) is 0 Å². The number of hydrogen-bond acceptors (Lipinski definition) is 2. The van der Waals surface area contributed by atoms with Crippen molar-refractivity contribution in [3.05, 3.63) is 224 Å². The number of aromatic nitrogens is 3. The van der Waals surface area contributed by atoms with E-state index in [2.05, 4.69) is 211 Å². The van der Waals surface area contributed by atoms with Crippen LogP contribution in [0, 0.1) is 0 Å². The summed E-state index contributed by atoms with van der Waals surface area (Å²) in [5.74, 6) is 0.694. The van der Waals surface area contributed by atoms with Gasteiger partial charge in [-0.1, -0.05) is 176 Å². The van der Waals surface area contributed by atoms with Crippen molar-refractivity contribution in [1.82, 2.24) is 14.5 Å². The Labute approximate surface area is 353 Å². The van der Waals surface area contributed by atoms with Crippen LogP contribution >= 0.6 is 0 Å². The molecule has 0 fully saturated rings. The Balaban J connectivity index is 1.01. The van der Waals surface area contributed by atoms with Gasteiger partial charge in [-0.25, -0.2) is 9.97 Å². The van der Waals surface area contributed by atoms with Gasteiger partial charge in [0.2, 0.25) is 0 Å². The second-order valence-electron chi connectivity index (χ2n) is 15.8. The van der Waals surface area contributed by atoms with Gasteiger partial charge >= 0.3 is 0 Å². The average molecular weight is 776 g/mol. The van der Waals surface area contributed by atoms with Crippen LogP contribution in [0.4, 0.5) is 0 Å². The summed E-state index contributed by atoms with van der Waals surface area (Å²) in [6, 6.07) is 80.5. The number of hydrogen-bond donors (Lipinski definition) is 0. The molecule has 0 bridgehead atoms. The fourth-order valence-electron chi connectivity index (χ4n) is 9.29. The van der Waals surface area contributed by atoms with E-state index in [0.717, 1.165) is 50.5 Å². The van der Waals surface area contributed by atoms with Gasteiger partial charge in [-0.3, -0.25) is 0 Å². The molecule has 0 amide bonds. The summed E-state index contributed by atoms with van der Waals surface area (Å²) < 4.78 is 2.37. The molecular formula is C58H37N3. The summed E-state index contributed by atoms with van der Waals surface area (Å²) in [5, 5.41) is 9.94. The van der Waals surface area contributed by atoms with Gasteiger partial charge in [-0.05, 0) is 103 Å². The minimum atomic E-state index is 0.694. The first kappa shape index (κ1) is 34.9. The lowest BCUT2D eigenvalue weighted by molar-refractivity contribution is 1.18. The van der Waals surface area contributed by atoms with Crippen molar-refractivity contribution in [3.63, 3.8) is 0 Å². The summed E-state index contributed by atoms with van der Waals surface area (Å²) in [7, 11) is 0. The minimum Gasteiger partial charge on any atom is -0.309 e. The van der Waals surface area contributed by atoms with Crippen LogP contribution < -0.4 is 0 Å². The second kappa shape index (κ2) is 14.3. The van der Waals surface area contributed by atoms with E-state index in [9.17, 15) is 0 Å². The van der Waals surface area contributed by atoms with Crippen LogP contribution in [-0.4, -0.2) is 14.5 Å². The zero-order chi connectivity index (χ0) is 40.3. The third kappa shape index (κ3) is 5.98. The lowest BCUT2D eigenvalue weighted by atomic mass is 9.89. The topological polar surface area (TPSA) is 30.7 Å². The predicted molar refractivity (Wildman–Crippen MR) is 256 cm³/mol. The van der Waals surface area contributed by atoms with Gasteiger partial charge < -0.3 is 4.57 Å². The third-order valence-corrected chi connectivity index (χ3v) is 12.2. The lowest BCUT2D eigenvalue weighted by Gasteiger charge is -2.15. The molecule has 61 heavy (non-hydrogen) atoms. The van der Waals surface area contributed by atoms with E-state index in [0.29, 0.717) is 5.82 Å². The molecule has 0 N–H and O–H groups in total. The van der Waals surface area contributed by atoms with Crippen LogP contribution in [0.25, 0.3) is 116 Å². The summed E-state index contributed by atoms with van der Waals surface area (Å²) >= 11 is 0. The van der Waals surface area contributed by atoms with Crippen molar-refractivity contribution in [3.8, 4) is 61.8 Å². The van der Waals surface area contributed by atoms with E-state index in [4.69, 9.17) is 9.97 Å². The van der Waals surface area contributed by atoms with Crippen LogP contribution in [0.2, 0.25) is 0 Å². The molecule has 10 aromatic carbocycles. The molecule has 284 valence electrons. The van der Waals surface area contributed by atoms with Gasteiger partial charge in [0.15, 0.2) is 5.82 Å². The molecule has 0 aliphatic carbocycles. The molecule has 0 spiro atoms. The number of benzene rings is 10. The van der Waals surface area contributed by atoms with Crippen molar-refractivity contribution in [1.29, 1.82) is 0 Å². The van der Waals surface area contributed by atoms with Gasteiger partial charge in [0, 0.05) is 33.2 Å². The summed E-state index contributed by atoms with van der Waals surface area (Å²) in [6.45, 7) is 0. The predicted octanol–water partition coefficient (Wildman–Crippen LogP) is 15.4. The Kier molecular flexibility index (Phi) is 8.17. The minimum absolute atomic E-state index is 0.694. The van der Waals surface area contributed by atoms with E-state index in [1.807, 2.05) is 18.2 Å². The summed E-state index contributed by atoms with van der Waals surface area (Å²) in [6.07, 6.45) is 0. The number of nitrogens with zero attached hydrogens (tertiary/aromatic N) is 3. The van der Waals surface area contributed by atoms with E-state index in [1.165, 1.54) is 59.7 Å². The molecule has 0 aliphatic rings. The first-order valence-electron chi connectivity index (χ1n) is 20.8. The number of fused-ring (bicyclic) bond motifs is 7. The van der Waals surface area contributed by atoms with Gasteiger partial charge in [0.05, 0.1) is 22.4 Å². The number of para-hydroxylation sites is 2. The van der Waals surface area contributed by atoms with E-state index in [-0.39, 0.29) is 0 Å². The quantitative estimate of drug-likeness (QED) is 0.124. The molecule has 0 atom stereocenters. The molecular weight excluding hydrogens is 739 g/mol. The van der Waals surface area contributed by atoms with Crippen molar-refractivity contribution >= 4 is 54.1 Å². The maximum absolute atomic E-state index is 5.26. The van der Waals surface area contributed by atoms with Crippen LogP contribution in [0.1, 0.15) is 0 Å². The molecule has 0 saturated heterocycles. The highest BCUT2D eigenvalue weighted by Crippen LogP contribution is 2.41. The normalized spacial score (nSPS) is 11.6. The molecule has 3 nitrogen and oxygen atoms in total. The summed E-state index contributed by atoms with van der Waals surface area (Å²) in [5.41, 5.74) is 13.0. The first-order chi connectivity index (χ1) is 30.2. The van der Waals surface area contributed by atoms with Crippen LogP contribution in [0.3, 0.4) is 0 Å². The monoisotopic (exact) mass is 775 g/mol. The Morgan fingerprint density at radius 2 is 0.836 bits per heavy atom. The molecule has 0 radical (unpaired) electrons. The SMILES string of the molecule is c1ccc(-c2nc(-c3cccc(-c4ccc5c6ccccc6n(-c6ccccc6)c5c4)c3)cc(-c3cccc(-c4c5ccccc5cc5c4ccc4ccccc45)c3)n2)cc1. The largest absolute Gasteiger partial charge is 0.309 e. The Morgan fingerprint density at radius 3 is 1.62 bits per heavy atom. The van der Waals surface area contributed by atoms with Crippen molar-refractivity contribution in [2.45, 2.75) is 0 Å². The Morgan fingerprint density at radius 1 is 0.279 bits per heavy atom. The van der Waals surface area contributed by atoms with Crippen LogP contribution in [-0.2, 0) is 0 Å². The Hall–Kier alpha value is -8.14. The molecule has 2 heterocycles. The highest BCUT2D eigenvalue weighted by molar-refractivity contribution is 6.20. The standard InChI is InChI=1S/C58H37N3/c1-3-16-39(17-4-1)58-59-53(43-20-13-19-40(33-43)41-30-31-50-49-27-11-12-28-55(49)61(56(50)36-41)46-23-5-2-6-24-46)37-54(60-58)44-21-14-22-45(34-44)57-48-26-10-8-18-42(48)35-52-47-25-9-7-15-38(47)29-32-51(52)57/h1-37H. The van der Waals surface area contributed by atoms with Crippen LogP contribution in [0.15, 0.2) is 224 Å². The van der Waals surface area contributed by atoms with Crippen molar-refractivity contribution < 1.29 is 0 Å². The van der Waals surface area contributed by atoms with Gasteiger partial charge in [0.25, 0.3) is 0 Å². The van der Waals surface area contributed by atoms with Gasteiger partial charge in [0.1, 0.15) is 0 Å². The van der Waals surface area contributed by atoms with E-state index < -0.39 is 0 Å². The molecule has 2 aromatic heterocycles.